The maximum absolute atomic E-state index is 13.4. The monoisotopic (exact) mass is 1050 g/mol. The summed E-state index contributed by atoms with van der Waals surface area (Å²) in [7, 11) is 0. The lowest BCUT2D eigenvalue weighted by molar-refractivity contribution is -0.382. The molecule has 21 nitrogen and oxygen atoms in total. The van der Waals surface area contributed by atoms with E-state index < -0.39 is 175 Å². The van der Waals surface area contributed by atoms with E-state index in [9.17, 15) is 65.4 Å². The fourth-order valence-electron chi connectivity index (χ4n) is 15.7. The van der Waals surface area contributed by atoms with E-state index in [2.05, 4.69) is 40.7 Å². The van der Waals surface area contributed by atoms with Crippen LogP contribution in [-0.2, 0) is 52.3 Å². The Balaban J connectivity index is 1.09. The smallest absolute Gasteiger partial charge is 0.335 e. The predicted octanol–water partition coefficient (Wildman–Crippen LogP) is 0.985. The van der Waals surface area contributed by atoms with Crippen molar-refractivity contribution in [3.05, 3.63) is 23.3 Å². The number of aliphatic hydroxyl groups excluding tert-OH is 9. The van der Waals surface area contributed by atoms with Gasteiger partial charge in [-0.1, -0.05) is 66.2 Å². The van der Waals surface area contributed by atoms with E-state index in [1.807, 2.05) is 13.8 Å². The Hall–Kier alpha value is -2.71. The number of carboxylic acids is 1. The molecular formula is C53H82O21. The minimum Gasteiger partial charge on any atom is -0.479 e. The Morgan fingerprint density at radius 3 is 1.86 bits per heavy atom. The van der Waals surface area contributed by atoms with Gasteiger partial charge in [-0.15, -0.1) is 0 Å². The fourth-order valence-corrected chi connectivity index (χ4v) is 15.7. The van der Waals surface area contributed by atoms with Gasteiger partial charge in [0.05, 0.1) is 37.4 Å². The second kappa shape index (κ2) is 20.5. The molecule has 24 atom stereocenters. The normalized spacial score (nSPS) is 49.9. The minimum atomic E-state index is -1.98. The van der Waals surface area contributed by atoms with Crippen molar-refractivity contribution in [3.63, 3.8) is 0 Å². The van der Waals surface area contributed by atoms with Gasteiger partial charge in [0.25, 0.3) is 0 Å². The quantitative estimate of drug-likeness (QED) is 0.0597. The molecule has 5 aliphatic carbocycles. The van der Waals surface area contributed by atoms with Gasteiger partial charge in [-0.3, -0.25) is 4.79 Å². The van der Waals surface area contributed by atoms with Crippen molar-refractivity contribution in [2.45, 2.75) is 219 Å². The van der Waals surface area contributed by atoms with Crippen molar-refractivity contribution in [1.29, 1.82) is 0 Å². The van der Waals surface area contributed by atoms with Gasteiger partial charge >= 0.3 is 17.9 Å². The molecule has 21 heteroatoms. The maximum atomic E-state index is 13.4. The van der Waals surface area contributed by atoms with Gasteiger partial charge in [0.15, 0.2) is 25.0 Å². The highest BCUT2D eigenvalue weighted by atomic mass is 16.8. The van der Waals surface area contributed by atoms with E-state index in [1.54, 1.807) is 19.9 Å². The average Bonchev–Trinajstić information content (AvgIpc) is 3.32. The first kappa shape index (κ1) is 57.5. The molecule has 10 N–H and O–H groups in total. The number of carboxylic acid groups (broad SMARTS) is 1. The molecule has 3 heterocycles. The molecule has 74 heavy (non-hydrogen) atoms. The topological polar surface area (TPSA) is 327 Å². The lowest BCUT2D eigenvalue weighted by atomic mass is 9.33. The molecule has 3 aliphatic heterocycles. The van der Waals surface area contributed by atoms with Crippen molar-refractivity contribution in [2.24, 2.45) is 50.2 Å². The molecule has 8 rings (SSSR count). The van der Waals surface area contributed by atoms with E-state index in [4.69, 9.17) is 37.9 Å². The van der Waals surface area contributed by atoms with E-state index in [0.29, 0.717) is 37.7 Å². The first-order valence-electron chi connectivity index (χ1n) is 26.3. The molecule has 8 aliphatic rings. The summed E-state index contributed by atoms with van der Waals surface area (Å²) in [4.78, 5) is 39.3. The summed E-state index contributed by atoms with van der Waals surface area (Å²) in [5, 5.41) is 110. The molecule has 0 spiro atoms. The first-order valence-corrected chi connectivity index (χ1v) is 26.3. The first-order chi connectivity index (χ1) is 34.5. The zero-order valence-electron chi connectivity index (χ0n) is 44.2. The molecule has 4 saturated carbocycles. The number of carbonyl (C=O) groups excluding carboxylic acids is 2. The lowest BCUT2D eigenvalue weighted by Gasteiger charge is -2.72. The summed E-state index contributed by atoms with van der Waals surface area (Å²) in [6.07, 6.45) is -18.9. The Bertz CT molecular complexity index is 2170. The van der Waals surface area contributed by atoms with Crippen molar-refractivity contribution in [3.8, 4) is 0 Å². The van der Waals surface area contributed by atoms with Crippen LogP contribution in [0, 0.1) is 50.2 Å². The third kappa shape index (κ3) is 9.11. The SMILES string of the molecule is C/C=C(/C)C(=O)O[C@H]1[C@H](OC(C)=O)[C@]2(CO)[C@H](O)C[C@]3(C)C(=CC[C@@H]4[C@@]5(C)CC[C@H](O[C@@H]6O[C@H](C(=O)O)[C@@H](O[C@@H]7OC[C@@H](O)[C@H](O)[C@H]7O)[C@H](O)[C@H]6O[C@@H]6OC[C@@H](O)[C@H](O)[C@H]6O)C(C)(C)[C@@H]5CC[C@]43C)[C@@H]2CC1(C)C. The lowest BCUT2D eigenvalue weighted by Crippen LogP contribution is -2.72. The predicted molar refractivity (Wildman–Crippen MR) is 256 cm³/mol. The van der Waals surface area contributed by atoms with E-state index >= 15 is 0 Å². The van der Waals surface area contributed by atoms with Crippen LogP contribution in [0.15, 0.2) is 23.3 Å². The molecular weight excluding hydrogens is 973 g/mol. The van der Waals surface area contributed by atoms with Crippen LogP contribution in [0.2, 0.25) is 0 Å². The van der Waals surface area contributed by atoms with Crippen LogP contribution in [0.3, 0.4) is 0 Å². The molecule has 7 fully saturated rings. The highest BCUT2D eigenvalue weighted by Crippen LogP contribution is 2.76. The van der Waals surface area contributed by atoms with Gasteiger partial charge in [0.1, 0.15) is 67.1 Å². The van der Waals surface area contributed by atoms with Crippen LogP contribution < -0.4 is 0 Å². The van der Waals surface area contributed by atoms with Crippen LogP contribution in [0.1, 0.15) is 114 Å². The van der Waals surface area contributed by atoms with E-state index in [1.165, 1.54) is 6.92 Å². The molecule has 0 aromatic carbocycles. The zero-order valence-corrected chi connectivity index (χ0v) is 44.2. The third-order valence-corrected chi connectivity index (χ3v) is 20.1. The Kier molecular flexibility index (Phi) is 15.9. The van der Waals surface area contributed by atoms with Crippen LogP contribution in [0.25, 0.3) is 0 Å². The number of ether oxygens (including phenoxy) is 8. The number of hydrogen-bond donors (Lipinski definition) is 10. The summed E-state index contributed by atoms with van der Waals surface area (Å²) >= 11 is 0. The van der Waals surface area contributed by atoms with Gasteiger partial charge in [-0.2, -0.15) is 0 Å². The van der Waals surface area contributed by atoms with Crippen LogP contribution >= 0.6 is 0 Å². The minimum absolute atomic E-state index is 0.0143. The van der Waals surface area contributed by atoms with E-state index in [0.717, 1.165) is 12.0 Å². The third-order valence-electron chi connectivity index (χ3n) is 20.1. The number of aliphatic carboxylic acids is 1. The number of carbonyl (C=O) groups is 3. The number of rotatable bonds is 11. The van der Waals surface area contributed by atoms with E-state index in [-0.39, 0.29) is 23.7 Å². The summed E-state index contributed by atoms with van der Waals surface area (Å²) in [5.74, 6) is -3.18. The van der Waals surface area contributed by atoms with Gasteiger partial charge in [0, 0.05) is 17.9 Å². The Morgan fingerprint density at radius 2 is 1.31 bits per heavy atom. The molecule has 0 amide bonds. The van der Waals surface area contributed by atoms with Gasteiger partial charge < -0.3 is 89.0 Å². The molecule has 420 valence electrons. The number of allylic oxidation sites excluding steroid dienone is 3. The fraction of sp³-hybridized carbons (Fsp3) is 0.868. The van der Waals surface area contributed by atoms with Crippen LogP contribution in [-0.4, -0.2) is 193 Å². The summed E-state index contributed by atoms with van der Waals surface area (Å²) < 4.78 is 48.1. The molecule has 0 unspecified atom stereocenters. The van der Waals surface area contributed by atoms with Crippen molar-refractivity contribution >= 4 is 17.9 Å². The summed E-state index contributed by atoms with van der Waals surface area (Å²) in [6, 6.07) is 0. The maximum Gasteiger partial charge on any atom is 0.335 e. The van der Waals surface area contributed by atoms with Crippen LogP contribution in [0.4, 0.5) is 0 Å². The number of fused-ring (bicyclic) bond motifs is 7. The zero-order chi connectivity index (χ0) is 54.6. The molecule has 0 aromatic rings. The van der Waals surface area contributed by atoms with Crippen molar-refractivity contribution in [2.75, 3.05) is 19.8 Å². The number of aliphatic hydroxyl groups is 9. The number of esters is 2. The molecule has 0 radical (unpaired) electrons. The molecule has 0 aromatic heterocycles. The Labute approximate surface area is 432 Å². The highest BCUT2D eigenvalue weighted by Gasteiger charge is 2.74. The number of hydrogen-bond acceptors (Lipinski definition) is 20. The van der Waals surface area contributed by atoms with Crippen molar-refractivity contribution < 1.29 is 103 Å². The standard InChI is InChI=1S/C53H82O21/c1-11-23(2)44(66)74-41-42(69-24(3)55)53(22-54)26(18-48(41,4)5)25-12-13-30-50(8)16-15-32(49(6,7)29(50)14-17-51(30,9)52(25,10)19-31(53)58)70-47-39(72-46-36(62)34(60)28(57)21-68-46)37(63)38(40(73-47)43(64)65)71-45-35(61)33(59)27(56)20-67-45/h11-12,26-42,45-47,54,56-63H,13-22H2,1-10H3,(H,64,65)/b23-11-/t26-,27+,28+,29-,30+,31+,32-,33-,34-,35+,36+,37-,38-,39+,40-,41-,42-,45-,46-,47+,50-,51+,52+,53-/m0/s1. The van der Waals surface area contributed by atoms with Crippen molar-refractivity contribution in [1.82, 2.24) is 0 Å². The van der Waals surface area contributed by atoms with Gasteiger partial charge in [0.2, 0.25) is 0 Å². The Morgan fingerprint density at radius 1 is 0.716 bits per heavy atom. The second-order valence-corrected chi connectivity index (χ2v) is 24.8. The van der Waals surface area contributed by atoms with Gasteiger partial charge in [-0.05, 0) is 98.2 Å². The van der Waals surface area contributed by atoms with Crippen LogP contribution in [0.5, 0.6) is 0 Å². The molecule has 0 bridgehead atoms. The average molecular weight is 1060 g/mol. The largest absolute Gasteiger partial charge is 0.479 e. The molecule has 3 saturated heterocycles. The highest BCUT2D eigenvalue weighted by molar-refractivity contribution is 5.87. The summed E-state index contributed by atoms with van der Waals surface area (Å²) in [6.45, 7) is 18.1. The summed E-state index contributed by atoms with van der Waals surface area (Å²) in [5.41, 5.74) is -2.68. The second-order valence-electron chi connectivity index (χ2n) is 24.8. The van der Waals surface area contributed by atoms with Gasteiger partial charge in [-0.25, -0.2) is 9.59 Å².